The van der Waals surface area contributed by atoms with Crippen molar-refractivity contribution in [3.05, 3.63) is 0 Å². The second kappa shape index (κ2) is 6.44. The Morgan fingerprint density at radius 3 is 2.00 bits per heavy atom. The zero-order chi connectivity index (χ0) is 12.2. The summed E-state index contributed by atoms with van der Waals surface area (Å²) >= 11 is 2.27. The summed E-state index contributed by atoms with van der Waals surface area (Å²) in [5.74, 6) is -0.479. The van der Waals surface area contributed by atoms with Gasteiger partial charge in [0.25, 0.3) is 0 Å². The first kappa shape index (κ1) is 14.9. The maximum atomic E-state index is 10.8. The fraction of sp³-hybridized carbons (Fsp3) is 0.750. The van der Waals surface area contributed by atoms with Crippen LogP contribution in [0.4, 0.5) is 0 Å². The summed E-state index contributed by atoms with van der Waals surface area (Å²) in [6.45, 7) is 0.421. The number of rotatable bonds is 6. The van der Waals surface area contributed by atoms with Gasteiger partial charge in [0.15, 0.2) is 0 Å². The van der Waals surface area contributed by atoms with Crippen molar-refractivity contribution in [1.29, 1.82) is 0 Å². The van der Waals surface area contributed by atoms with Gasteiger partial charge in [-0.1, -0.05) is 0 Å². The van der Waals surface area contributed by atoms with Gasteiger partial charge in [-0.2, -0.15) is 0 Å². The van der Waals surface area contributed by atoms with Gasteiger partial charge in [0.05, 0.1) is 0 Å². The summed E-state index contributed by atoms with van der Waals surface area (Å²) in [5, 5.41) is 45.4. The summed E-state index contributed by atoms with van der Waals surface area (Å²) in [4.78, 5) is 10.8. The molecule has 5 N–H and O–H groups in total. The van der Waals surface area contributed by atoms with Crippen LogP contribution >= 0.6 is 0 Å². The fourth-order valence-electron chi connectivity index (χ4n) is 0.886. The Morgan fingerprint density at radius 2 is 1.67 bits per heavy atom. The standard InChI is InChI=1S/C8H14O6Se/c1-3(10)8(15)7(14)6(13)5(12)4(11)2-9/h4-7,9,11-14H,2H2,1H3/t4-,5-,6+,7+/m1/s1. The van der Waals surface area contributed by atoms with Crippen LogP contribution in [0.5, 0.6) is 0 Å². The quantitative estimate of drug-likeness (QED) is 0.321. The van der Waals surface area contributed by atoms with Crippen LogP contribution in [0.3, 0.4) is 0 Å². The average Bonchev–Trinajstić information content (AvgIpc) is 2.23. The molecule has 0 saturated carbocycles. The monoisotopic (exact) mass is 286 g/mol. The Hall–Kier alpha value is -0.141. The molecule has 0 aromatic carbocycles. The number of carbonyl (C=O) groups is 1. The first-order valence-electron chi connectivity index (χ1n) is 4.20. The van der Waals surface area contributed by atoms with E-state index in [2.05, 4.69) is 15.6 Å². The van der Waals surface area contributed by atoms with E-state index in [1.807, 2.05) is 0 Å². The molecule has 0 radical (unpaired) electrons. The molecule has 88 valence electrons. The molecule has 0 saturated heterocycles. The van der Waals surface area contributed by atoms with Crippen LogP contribution in [0.25, 0.3) is 0 Å². The third kappa shape index (κ3) is 4.08. The van der Waals surface area contributed by atoms with Crippen molar-refractivity contribution in [2.45, 2.75) is 31.3 Å². The molecule has 0 spiro atoms. The topological polar surface area (TPSA) is 118 Å². The molecule has 0 rings (SSSR count). The van der Waals surface area contributed by atoms with E-state index in [1.54, 1.807) is 0 Å². The number of hydrogen-bond donors (Lipinski definition) is 5. The van der Waals surface area contributed by atoms with Crippen LogP contribution in [0.1, 0.15) is 6.92 Å². The van der Waals surface area contributed by atoms with E-state index in [0.717, 1.165) is 0 Å². The van der Waals surface area contributed by atoms with Gasteiger partial charge in [0.1, 0.15) is 0 Å². The van der Waals surface area contributed by atoms with E-state index in [9.17, 15) is 20.1 Å². The van der Waals surface area contributed by atoms with Gasteiger partial charge < -0.3 is 0 Å². The summed E-state index contributed by atoms with van der Waals surface area (Å²) in [7, 11) is 0. The molecule has 0 fully saturated rings. The van der Waals surface area contributed by atoms with Crippen LogP contribution in [-0.4, -0.2) is 82.3 Å². The molecule has 0 unspecified atom stereocenters. The molecule has 7 heteroatoms. The summed E-state index contributed by atoms with van der Waals surface area (Å²) in [6, 6.07) is 0. The molecule has 0 aromatic heterocycles. The molecule has 6 nitrogen and oxygen atoms in total. The molecule has 0 aliphatic carbocycles. The second-order valence-electron chi connectivity index (χ2n) is 3.10. The SMILES string of the molecule is CC(=O)C(=[Se])[C@@H](O)[C@@H](O)[C@H](O)[C@H](O)CO. The van der Waals surface area contributed by atoms with Crippen molar-refractivity contribution >= 4 is 25.8 Å². The van der Waals surface area contributed by atoms with E-state index < -0.39 is 36.8 Å². The minimum absolute atomic E-state index is 0.147. The third-order valence-electron chi connectivity index (χ3n) is 1.87. The summed E-state index contributed by atoms with van der Waals surface area (Å²) in [5.41, 5.74) is 0. The number of Topliss-reactive ketones (excluding diaryl/α,β-unsaturated/α-hetero) is 1. The Bertz CT molecular complexity index is 243. The zero-order valence-corrected chi connectivity index (χ0v) is 9.78. The van der Waals surface area contributed by atoms with Crippen molar-refractivity contribution < 1.29 is 30.3 Å². The van der Waals surface area contributed by atoms with Crippen LogP contribution in [0, 0.1) is 0 Å². The van der Waals surface area contributed by atoms with E-state index in [4.69, 9.17) is 10.2 Å². The van der Waals surface area contributed by atoms with Crippen LogP contribution < -0.4 is 0 Å². The molecular formula is C8H14O6Se. The van der Waals surface area contributed by atoms with E-state index in [1.165, 1.54) is 6.92 Å². The first-order chi connectivity index (χ1) is 6.82. The summed E-state index contributed by atoms with van der Waals surface area (Å²) in [6.07, 6.45) is -6.66. The Morgan fingerprint density at radius 1 is 1.20 bits per heavy atom. The van der Waals surface area contributed by atoms with Gasteiger partial charge in [-0.15, -0.1) is 0 Å². The predicted molar refractivity (Wildman–Crippen MR) is 52.6 cm³/mol. The molecule has 0 aliphatic heterocycles. The zero-order valence-electron chi connectivity index (χ0n) is 8.07. The van der Waals surface area contributed by atoms with E-state index >= 15 is 0 Å². The van der Waals surface area contributed by atoms with Crippen molar-refractivity contribution in [3.63, 3.8) is 0 Å². The van der Waals surface area contributed by atoms with Crippen LogP contribution in [-0.2, 0) is 4.79 Å². The normalized spacial score (nSPS) is 19.1. The molecule has 4 atom stereocenters. The predicted octanol–water partition coefficient (Wildman–Crippen LogP) is -3.65. The van der Waals surface area contributed by atoms with Gasteiger partial charge in [-0.25, -0.2) is 0 Å². The maximum absolute atomic E-state index is 10.8. The van der Waals surface area contributed by atoms with Crippen molar-refractivity contribution in [3.8, 4) is 0 Å². The number of hydrogen-bond acceptors (Lipinski definition) is 6. The number of ketones is 1. The van der Waals surface area contributed by atoms with Crippen LogP contribution in [0.2, 0.25) is 0 Å². The third-order valence-corrected chi connectivity index (χ3v) is 2.98. The molecule has 0 heterocycles. The van der Waals surface area contributed by atoms with Gasteiger partial charge in [0, 0.05) is 0 Å². The Labute approximate surface area is 94.5 Å². The van der Waals surface area contributed by atoms with Crippen molar-refractivity contribution in [2.24, 2.45) is 0 Å². The molecule has 0 aromatic rings. The number of aliphatic hydroxyl groups excluding tert-OH is 5. The summed E-state index contributed by atoms with van der Waals surface area (Å²) < 4.78 is -0.147. The first-order valence-corrected chi connectivity index (χ1v) is 5.06. The molecule has 15 heavy (non-hydrogen) atoms. The van der Waals surface area contributed by atoms with Crippen LogP contribution in [0.15, 0.2) is 0 Å². The second-order valence-corrected chi connectivity index (χ2v) is 4.02. The van der Waals surface area contributed by atoms with Gasteiger partial charge >= 0.3 is 94.1 Å². The Balaban J connectivity index is 4.50. The van der Waals surface area contributed by atoms with Gasteiger partial charge in [-0.05, 0) is 0 Å². The van der Waals surface area contributed by atoms with E-state index in [0.29, 0.717) is 0 Å². The molecule has 0 aliphatic rings. The fourth-order valence-corrected chi connectivity index (χ4v) is 1.18. The number of carbonyl (C=O) groups excluding carboxylic acids is 1. The van der Waals surface area contributed by atoms with E-state index in [-0.39, 0.29) is 4.42 Å². The Kier molecular flexibility index (Phi) is 6.38. The molecular weight excluding hydrogens is 271 g/mol. The molecule has 0 bridgehead atoms. The van der Waals surface area contributed by atoms with Crippen molar-refractivity contribution in [1.82, 2.24) is 0 Å². The van der Waals surface area contributed by atoms with Gasteiger partial charge in [-0.3, -0.25) is 0 Å². The number of aliphatic hydroxyl groups is 5. The molecule has 0 amide bonds. The van der Waals surface area contributed by atoms with Crippen molar-refractivity contribution in [2.75, 3.05) is 6.61 Å². The van der Waals surface area contributed by atoms with Gasteiger partial charge in [0.2, 0.25) is 0 Å². The minimum atomic E-state index is -1.74. The average molecular weight is 285 g/mol.